The van der Waals surface area contributed by atoms with Crippen LogP contribution in [0, 0.1) is 12.3 Å². The van der Waals surface area contributed by atoms with Crippen LogP contribution in [0.2, 0.25) is 0 Å². The van der Waals surface area contributed by atoms with Crippen LogP contribution in [-0.4, -0.2) is 18.5 Å². The molecule has 2 rings (SSSR count). The fraction of sp³-hybridized carbons (Fsp3) is 0.611. The van der Waals surface area contributed by atoms with Crippen LogP contribution in [0.4, 0.5) is 5.69 Å². The normalized spacial score (nSPS) is 20.9. The van der Waals surface area contributed by atoms with Gasteiger partial charge in [0.1, 0.15) is 0 Å². The van der Waals surface area contributed by atoms with Gasteiger partial charge in [-0.1, -0.05) is 31.9 Å². The Labute approximate surface area is 128 Å². The van der Waals surface area contributed by atoms with Crippen molar-refractivity contribution in [1.82, 2.24) is 5.32 Å². The van der Waals surface area contributed by atoms with E-state index in [-0.39, 0.29) is 5.91 Å². The van der Waals surface area contributed by atoms with E-state index in [0.717, 1.165) is 36.2 Å². The highest BCUT2D eigenvalue weighted by Crippen LogP contribution is 2.35. The first-order chi connectivity index (χ1) is 9.91. The van der Waals surface area contributed by atoms with E-state index in [2.05, 4.69) is 24.5 Å². The monoisotopic (exact) mass is 288 g/mol. The average molecular weight is 288 g/mol. The lowest BCUT2D eigenvalue weighted by molar-refractivity contribution is 0.0903. The van der Waals surface area contributed by atoms with Crippen LogP contribution in [0.3, 0.4) is 0 Å². The van der Waals surface area contributed by atoms with Gasteiger partial charge in [-0.15, -0.1) is 0 Å². The molecular weight excluding hydrogens is 260 g/mol. The number of nitrogens with one attached hydrogen (secondary N) is 2. The standard InChI is InChI=1S/C18H28N2O/c1-5-19-16-9-8-13(2)11-15(16)17(21)20-14-7-6-10-18(3,4)12-14/h8-9,11,14,19H,5-7,10,12H2,1-4H3,(H,20,21). The molecule has 21 heavy (non-hydrogen) atoms. The van der Waals surface area contributed by atoms with Gasteiger partial charge < -0.3 is 10.6 Å². The largest absolute Gasteiger partial charge is 0.385 e. The van der Waals surface area contributed by atoms with Gasteiger partial charge in [0.25, 0.3) is 5.91 Å². The Kier molecular flexibility index (Phi) is 4.92. The summed E-state index contributed by atoms with van der Waals surface area (Å²) in [5.74, 6) is 0.0531. The molecular formula is C18H28N2O. The lowest BCUT2D eigenvalue weighted by Crippen LogP contribution is -2.40. The number of carbonyl (C=O) groups is 1. The zero-order chi connectivity index (χ0) is 15.5. The van der Waals surface area contributed by atoms with E-state index >= 15 is 0 Å². The summed E-state index contributed by atoms with van der Waals surface area (Å²) in [6.07, 6.45) is 4.62. The van der Waals surface area contributed by atoms with E-state index in [1.54, 1.807) is 0 Å². The fourth-order valence-corrected chi connectivity index (χ4v) is 3.28. The van der Waals surface area contributed by atoms with Gasteiger partial charge in [-0.25, -0.2) is 0 Å². The first kappa shape index (κ1) is 15.9. The van der Waals surface area contributed by atoms with E-state index in [0.29, 0.717) is 11.5 Å². The van der Waals surface area contributed by atoms with Crippen LogP contribution in [-0.2, 0) is 0 Å². The van der Waals surface area contributed by atoms with Crippen molar-refractivity contribution in [1.29, 1.82) is 0 Å². The Balaban J connectivity index is 2.11. The highest BCUT2D eigenvalue weighted by molar-refractivity contribution is 6.00. The highest BCUT2D eigenvalue weighted by atomic mass is 16.1. The van der Waals surface area contributed by atoms with Crippen LogP contribution < -0.4 is 10.6 Å². The molecule has 1 atom stereocenters. The summed E-state index contributed by atoms with van der Waals surface area (Å²) in [4.78, 5) is 12.6. The Morgan fingerprint density at radius 2 is 2.14 bits per heavy atom. The van der Waals surface area contributed by atoms with Crippen molar-refractivity contribution in [2.24, 2.45) is 5.41 Å². The third-order valence-electron chi connectivity index (χ3n) is 4.33. The minimum atomic E-state index is 0.0531. The molecule has 1 aliphatic carbocycles. The van der Waals surface area contributed by atoms with Gasteiger partial charge in [0.15, 0.2) is 0 Å². The molecule has 116 valence electrons. The van der Waals surface area contributed by atoms with E-state index in [9.17, 15) is 4.79 Å². The second kappa shape index (κ2) is 6.50. The third kappa shape index (κ3) is 4.23. The van der Waals surface area contributed by atoms with Gasteiger partial charge in [-0.05, 0) is 50.7 Å². The van der Waals surface area contributed by atoms with Gasteiger partial charge in [-0.2, -0.15) is 0 Å². The van der Waals surface area contributed by atoms with Crippen molar-refractivity contribution in [3.63, 3.8) is 0 Å². The fourth-order valence-electron chi connectivity index (χ4n) is 3.28. The van der Waals surface area contributed by atoms with Crippen LogP contribution in [0.15, 0.2) is 18.2 Å². The molecule has 0 radical (unpaired) electrons. The first-order valence-corrected chi connectivity index (χ1v) is 8.07. The summed E-state index contributed by atoms with van der Waals surface area (Å²) in [6.45, 7) is 9.48. The molecule has 1 unspecified atom stereocenters. The molecule has 0 aliphatic heterocycles. The van der Waals surface area contributed by atoms with E-state index in [4.69, 9.17) is 0 Å². The number of amides is 1. The van der Waals surface area contributed by atoms with Crippen LogP contribution in [0.25, 0.3) is 0 Å². The number of rotatable bonds is 4. The summed E-state index contributed by atoms with van der Waals surface area (Å²) in [5, 5.41) is 6.51. The number of hydrogen-bond donors (Lipinski definition) is 2. The Bertz CT molecular complexity index is 508. The minimum Gasteiger partial charge on any atom is -0.385 e. The smallest absolute Gasteiger partial charge is 0.253 e. The molecule has 0 spiro atoms. The number of benzene rings is 1. The molecule has 0 aromatic heterocycles. The molecule has 1 aromatic rings. The van der Waals surface area contributed by atoms with E-state index in [1.807, 2.05) is 32.0 Å². The maximum Gasteiger partial charge on any atom is 0.253 e. The van der Waals surface area contributed by atoms with Crippen molar-refractivity contribution >= 4 is 11.6 Å². The van der Waals surface area contributed by atoms with Crippen molar-refractivity contribution in [3.8, 4) is 0 Å². The van der Waals surface area contributed by atoms with E-state index < -0.39 is 0 Å². The predicted octanol–water partition coefficient (Wildman–Crippen LogP) is 4.13. The second-order valence-corrected chi connectivity index (χ2v) is 7.01. The van der Waals surface area contributed by atoms with E-state index in [1.165, 1.54) is 12.8 Å². The van der Waals surface area contributed by atoms with Gasteiger partial charge in [0.05, 0.1) is 5.56 Å². The molecule has 0 saturated heterocycles. The molecule has 3 heteroatoms. The first-order valence-electron chi connectivity index (χ1n) is 8.07. The van der Waals surface area contributed by atoms with Crippen LogP contribution in [0.1, 0.15) is 62.4 Å². The van der Waals surface area contributed by atoms with Crippen molar-refractivity contribution in [3.05, 3.63) is 29.3 Å². The Morgan fingerprint density at radius 1 is 1.38 bits per heavy atom. The molecule has 1 amide bonds. The maximum atomic E-state index is 12.6. The molecule has 1 fully saturated rings. The summed E-state index contributed by atoms with van der Waals surface area (Å²) in [5.41, 5.74) is 3.15. The highest BCUT2D eigenvalue weighted by Gasteiger charge is 2.29. The van der Waals surface area contributed by atoms with Gasteiger partial charge >= 0.3 is 0 Å². The predicted molar refractivity (Wildman–Crippen MR) is 88.8 cm³/mol. The number of carbonyl (C=O) groups excluding carboxylic acids is 1. The summed E-state index contributed by atoms with van der Waals surface area (Å²) < 4.78 is 0. The molecule has 2 N–H and O–H groups in total. The van der Waals surface area contributed by atoms with Crippen LogP contribution >= 0.6 is 0 Å². The van der Waals surface area contributed by atoms with Crippen molar-refractivity contribution in [2.75, 3.05) is 11.9 Å². The zero-order valence-electron chi connectivity index (χ0n) is 13.8. The maximum absolute atomic E-state index is 12.6. The minimum absolute atomic E-state index is 0.0531. The summed E-state index contributed by atoms with van der Waals surface area (Å²) in [7, 11) is 0. The quantitative estimate of drug-likeness (QED) is 0.875. The van der Waals surface area contributed by atoms with Gasteiger partial charge in [0.2, 0.25) is 0 Å². The lowest BCUT2D eigenvalue weighted by Gasteiger charge is -2.35. The summed E-state index contributed by atoms with van der Waals surface area (Å²) >= 11 is 0. The van der Waals surface area contributed by atoms with Crippen molar-refractivity contribution < 1.29 is 4.79 Å². The Hall–Kier alpha value is -1.51. The van der Waals surface area contributed by atoms with Crippen molar-refractivity contribution in [2.45, 2.75) is 59.4 Å². The lowest BCUT2D eigenvalue weighted by atomic mass is 9.75. The molecule has 1 aromatic carbocycles. The Morgan fingerprint density at radius 3 is 2.81 bits per heavy atom. The van der Waals surface area contributed by atoms with Crippen LogP contribution in [0.5, 0.6) is 0 Å². The summed E-state index contributed by atoms with van der Waals surface area (Å²) in [6, 6.07) is 6.31. The van der Waals surface area contributed by atoms with Gasteiger partial charge in [0, 0.05) is 18.3 Å². The molecule has 0 bridgehead atoms. The van der Waals surface area contributed by atoms with Gasteiger partial charge in [-0.3, -0.25) is 4.79 Å². The SMILES string of the molecule is CCNc1ccc(C)cc1C(=O)NC1CCCC(C)(C)C1. The molecule has 1 saturated carbocycles. The molecule has 3 nitrogen and oxygen atoms in total. The second-order valence-electron chi connectivity index (χ2n) is 7.01. The third-order valence-corrected chi connectivity index (χ3v) is 4.33. The number of aryl methyl sites for hydroxylation is 1. The average Bonchev–Trinajstić information content (AvgIpc) is 2.40. The number of anilines is 1. The molecule has 0 heterocycles. The zero-order valence-corrected chi connectivity index (χ0v) is 13.8. The topological polar surface area (TPSA) is 41.1 Å². The molecule has 1 aliphatic rings. The number of hydrogen-bond acceptors (Lipinski definition) is 2.